The number of ether oxygens (including phenoxy) is 1. The van der Waals surface area contributed by atoms with Crippen molar-refractivity contribution in [3.8, 4) is 0 Å². The van der Waals surface area contributed by atoms with Crippen molar-refractivity contribution in [3.63, 3.8) is 0 Å². The van der Waals surface area contributed by atoms with Crippen LogP contribution in [0.5, 0.6) is 0 Å². The molecule has 0 aliphatic carbocycles. The number of hydrogen-bond donors (Lipinski definition) is 0. The van der Waals surface area contributed by atoms with Gasteiger partial charge in [-0.3, -0.25) is 4.79 Å². The maximum absolute atomic E-state index is 9.53. The molecule has 0 fully saturated rings. The Morgan fingerprint density at radius 3 is 2.75 bits per heavy atom. The minimum Gasteiger partial charge on any atom is -0.463 e. The van der Waals surface area contributed by atoms with Crippen LogP contribution in [0.2, 0.25) is 0 Å². The summed E-state index contributed by atoms with van der Waals surface area (Å²) in [5.41, 5.74) is 0.706. The van der Waals surface area contributed by atoms with Crippen LogP contribution in [0.15, 0.2) is 24.8 Å². The molecule has 0 spiro atoms. The Morgan fingerprint density at radius 2 is 2.38 bits per heavy atom. The van der Waals surface area contributed by atoms with Crippen molar-refractivity contribution in [2.45, 2.75) is 0 Å². The van der Waals surface area contributed by atoms with Gasteiger partial charge in [0.05, 0.1) is 0 Å². The first kappa shape index (κ1) is 6.95. The molecule has 8 heavy (non-hydrogen) atoms. The molecule has 0 aromatic carbocycles. The van der Waals surface area contributed by atoms with Crippen molar-refractivity contribution in [1.82, 2.24) is 0 Å². The fourth-order valence-corrected chi connectivity index (χ4v) is 0.200. The van der Waals surface area contributed by atoms with E-state index in [0.717, 1.165) is 0 Å². The zero-order valence-corrected chi connectivity index (χ0v) is 4.59. The summed E-state index contributed by atoms with van der Waals surface area (Å²) in [4.78, 5) is 9.53. The van der Waals surface area contributed by atoms with E-state index in [-0.39, 0.29) is 6.61 Å². The van der Waals surface area contributed by atoms with E-state index in [1.165, 1.54) is 0 Å². The lowest BCUT2D eigenvalue weighted by Gasteiger charge is -1.93. The standard InChI is InChI=1S/C6H8O2/c1-3-6(2)4-8-5-7/h3,5H,1-2,4H2. The van der Waals surface area contributed by atoms with Crippen molar-refractivity contribution in [3.05, 3.63) is 24.8 Å². The smallest absolute Gasteiger partial charge is 0.293 e. The molecule has 0 saturated heterocycles. The van der Waals surface area contributed by atoms with Gasteiger partial charge in [-0.2, -0.15) is 0 Å². The fraction of sp³-hybridized carbons (Fsp3) is 0.167. The van der Waals surface area contributed by atoms with Gasteiger partial charge in [0.15, 0.2) is 0 Å². The molecule has 2 heteroatoms. The number of hydrogen-bond acceptors (Lipinski definition) is 2. The van der Waals surface area contributed by atoms with E-state index in [2.05, 4.69) is 17.9 Å². The van der Waals surface area contributed by atoms with Crippen molar-refractivity contribution in [1.29, 1.82) is 0 Å². The van der Waals surface area contributed by atoms with Gasteiger partial charge in [-0.25, -0.2) is 0 Å². The van der Waals surface area contributed by atoms with Crippen LogP contribution >= 0.6 is 0 Å². The number of rotatable bonds is 4. The van der Waals surface area contributed by atoms with E-state index in [1.54, 1.807) is 6.08 Å². The van der Waals surface area contributed by atoms with Gasteiger partial charge in [0.2, 0.25) is 0 Å². The third-order valence-electron chi connectivity index (χ3n) is 0.625. The van der Waals surface area contributed by atoms with Crippen molar-refractivity contribution >= 4 is 6.47 Å². The van der Waals surface area contributed by atoms with E-state index >= 15 is 0 Å². The molecule has 0 aromatic rings. The molecule has 0 radical (unpaired) electrons. The third kappa shape index (κ3) is 3.15. The molecule has 0 rings (SSSR count). The number of carbonyl (C=O) groups is 1. The van der Waals surface area contributed by atoms with Crippen molar-refractivity contribution < 1.29 is 9.53 Å². The van der Waals surface area contributed by atoms with Gasteiger partial charge >= 0.3 is 0 Å². The molecule has 0 bridgehead atoms. The quantitative estimate of drug-likeness (QED) is 0.399. The number of carbonyl (C=O) groups excluding carboxylic acids is 1. The summed E-state index contributed by atoms with van der Waals surface area (Å²) < 4.78 is 4.33. The molecule has 0 aliphatic heterocycles. The first-order valence-corrected chi connectivity index (χ1v) is 2.16. The molecule has 0 amide bonds. The molecule has 0 N–H and O–H groups in total. The first-order valence-electron chi connectivity index (χ1n) is 2.16. The minimum absolute atomic E-state index is 0.243. The first-order chi connectivity index (χ1) is 3.81. The maximum atomic E-state index is 9.53. The largest absolute Gasteiger partial charge is 0.463 e. The predicted molar refractivity (Wildman–Crippen MR) is 31.4 cm³/mol. The second kappa shape index (κ2) is 4.12. The Kier molecular flexibility index (Phi) is 3.58. The van der Waals surface area contributed by atoms with Crippen LogP contribution in [0.4, 0.5) is 0 Å². The van der Waals surface area contributed by atoms with Crippen LogP contribution in [-0.2, 0) is 9.53 Å². The minimum atomic E-state index is 0.243. The molecule has 0 unspecified atom stereocenters. The molecule has 0 atom stereocenters. The Balaban J connectivity index is 3.24. The highest BCUT2D eigenvalue weighted by molar-refractivity contribution is 5.38. The molecule has 0 saturated carbocycles. The summed E-state index contributed by atoms with van der Waals surface area (Å²) in [6.07, 6.45) is 1.55. The molecule has 0 heterocycles. The lowest BCUT2D eigenvalue weighted by molar-refractivity contribution is -0.127. The van der Waals surface area contributed by atoms with Crippen LogP contribution in [0, 0.1) is 0 Å². The van der Waals surface area contributed by atoms with E-state index in [0.29, 0.717) is 12.0 Å². The fourth-order valence-electron chi connectivity index (χ4n) is 0.200. The second-order valence-electron chi connectivity index (χ2n) is 1.27. The van der Waals surface area contributed by atoms with Gasteiger partial charge in [0, 0.05) is 0 Å². The van der Waals surface area contributed by atoms with Crippen LogP contribution < -0.4 is 0 Å². The Hall–Kier alpha value is -1.05. The highest BCUT2D eigenvalue weighted by Gasteiger charge is 1.82. The molecule has 0 aromatic heterocycles. The van der Waals surface area contributed by atoms with Crippen LogP contribution in [0.1, 0.15) is 0 Å². The second-order valence-corrected chi connectivity index (χ2v) is 1.27. The van der Waals surface area contributed by atoms with Gasteiger partial charge < -0.3 is 4.74 Å². The zero-order valence-electron chi connectivity index (χ0n) is 4.59. The van der Waals surface area contributed by atoms with Crippen LogP contribution in [-0.4, -0.2) is 13.1 Å². The van der Waals surface area contributed by atoms with Crippen LogP contribution in [0.25, 0.3) is 0 Å². The Bertz CT molecular complexity index is 105. The monoisotopic (exact) mass is 112 g/mol. The summed E-state index contributed by atoms with van der Waals surface area (Å²) in [5, 5.41) is 0. The molecule has 2 nitrogen and oxygen atoms in total. The van der Waals surface area contributed by atoms with Gasteiger partial charge in [0.1, 0.15) is 6.61 Å². The van der Waals surface area contributed by atoms with E-state index in [1.807, 2.05) is 0 Å². The Labute approximate surface area is 48.5 Å². The predicted octanol–water partition coefficient (Wildman–Crippen LogP) is 0.902. The average molecular weight is 112 g/mol. The molecular formula is C6H8O2. The van der Waals surface area contributed by atoms with Gasteiger partial charge in [0.25, 0.3) is 6.47 Å². The van der Waals surface area contributed by atoms with Crippen LogP contribution in [0.3, 0.4) is 0 Å². The zero-order chi connectivity index (χ0) is 6.41. The van der Waals surface area contributed by atoms with Crippen molar-refractivity contribution in [2.75, 3.05) is 6.61 Å². The highest BCUT2D eigenvalue weighted by atomic mass is 16.5. The topological polar surface area (TPSA) is 26.3 Å². The van der Waals surface area contributed by atoms with Crippen molar-refractivity contribution in [2.24, 2.45) is 0 Å². The summed E-state index contributed by atoms with van der Waals surface area (Å²) in [5.74, 6) is 0. The van der Waals surface area contributed by atoms with E-state index in [4.69, 9.17) is 0 Å². The molecular weight excluding hydrogens is 104 g/mol. The van der Waals surface area contributed by atoms with Gasteiger partial charge in [-0.1, -0.05) is 19.2 Å². The average Bonchev–Trinajstić information content (AvgIpc) is 1.83. The van der Waals surface area contributed by atoms with Gasteiger partial charge in [-0.15, -0.1) is 0 Å². The molecule has 44 valence electrons. The summed E-state index contributed by atoms with van der Waals surface area (Å²) in [6.45, 7) is 7.55. The summed E-state index contributed by atoms with van der Waals surface area (Å²) in [6, 6.07) is 0. The maximum Gasteiger partial charge on any atom is 0.293 e. The Morgan fingerprint density at radius 1 is 1.75 bits per heavy atom. The normalized spacial score (nSPS) is 7.50. The van der Waals surface area contributed by atoms with E-state index in [9.17, 15) is 4.79 Å². The highest BCUT2D eigenvalue weighted by Crippen LogP contribution is 1.88. The summed E-state index contributed by atoms with van der Waals surface area (Å²) in [7, 11) is 0. The van der Waals surface area contributed by atoms with Gasteiger partial charge in [-0.05, 0) is 5.57 Å². The third-order valence-corrected chi connectivity index (χ3v) is 0.625. The van der Waals surface area contributed by atoms with E-state index < -0.39 is 0 Å². The lowest BCUT2D eigenvalue weighted by atomic mass is 10.3. The lowest BCUT2D eigenvalue weighted by Crippen LogP contribution is -1.91. The summed E-state index contributed by atoms with van der Waals surface area (Å²) >= 11 is 0. The SMILES string of the molecule is C=CC(=C)COC=O. The molecule has 0 aliphatic rings.